The lowest BCUT2D eigenvalue weighted by Crippen LogP contribution is -2.42. The molecule has 3 heterocycles. The molecule has 3 aromatic rings. The highest BCUT2D eigenvalue weighted by atomic mass is 16.5. The first-order valence-electron chi connectivity index (χ1n) is 10.4. The van der Waals surface area contributed by atoms with Crippen LogP contribution < -0.4 is 15.2 Å². The SMILES string of the molecule is C=C(C#N)C(=O)N1CCC(Oc2ncnc(N)c2-c2ccc(Oc3ccncc3)cc2)CC1. The maximum absolute atomic E-state index is 12.1. The largest absolute Gasteiger partial charge is 0.474 e. The summed E-state index contributed by atoms with van der Waals surface area (Å²) in [6.07, 6.45) is 5.75. The van der Waals surface area contributed by atoms with Crippen LogP contribution in [0.25, 0.3) is 11.1 Å². The van der Waals surface area contributed by atoms with E-state index < -0.39 is 0 Å². The van der Waals surface area contributed by atoms with Crippen LogP contribution in [0.2, 0.25) is 0 Å². The fourth-order valence-corrected chi connectivity index (χ4v) is 3.55. The summed E-state index contributed by atoms with van der Waals surface area (Å²) in [7, 11) is 0. The predicted octanol–water partition coefficient (Wildman–Crippen LogP) is 3.36. The molecule has 33 heavy (non-hydrogen) atoms. The second-order valence-electron chi connectivity index (χ2n) is 7.45. The van der Waals surface area contributed by atoms with E-state index in [1.807, 2.05) is 24.3 Å². The van der Waals surface area contributed by atoms with Crippen LogP contribution in [0.3, 0.4) is 0 Å². The highest BCUT2D eigenvalue weighted by molar-refractivity contribution is 5.96. The highest BCUT2D eigenvalue weighted by Gasteiger charge is 2.26. The summed E-state index contributed by atoms with van der Waals surface area (Å²) in [6.45, 7) is 4.44. The van der Waals surface area contributed by atoms with Crippen molar-refractivity contribution in [2.75, 3.05) is 18.8 Å². The molecule has 2 N–H and O–H groups in total. The van der Waals surface area contributed by atoms with E-state index in [9.17, 15) is 4.79 Å². The molecule has 1 aliphatic rings. The quantitative estimate of drug-likeness (QED) is 0.455. The monoisotopic (exact) mass is 442 g/mol. The Labute approximate surface area is 191 Å². The van der Waals surface area contributed by atoms with Gasteiger partial charge in [-0.2, -0.15) is 5.26 Å². The van der Waals surface area contributed by atoms with Crippen LogP contribution in [0, 0.1) is 11.3 Å². The Balaban J connectivity index is 1.46. The Bertz CT molecular complexity index is 1180. The Morgan fingerprint density at radius 3 is 2.42 bits per heavy atom. The summed E-state index contributed by atoms with van der Waals surface area (Å²) in [4.78, 5) is 26.1. The molecule has 9 nitrogen and oxygen atoms in total. The van der Waals surface area contributed by atoms with Crippen molar-refractivity contribution in [1.82, 2.24) is 19.9 Å². The number of hydrogen-bond acceptors (Lipinski definition) is 8. The molecule has 0 unspecified atom stereocenters. The number of nitriles is 1. The molecule has 0 aliphatic carbocycles. The van der Waals surface area contributed by atoms with Gasteiger partial charge < -0.3 is 20.1 Å². The molecule has 1 saturated heterocycles. The summed E-state index contributed by atoms with van der Waals surface area (Å²) < 4.78 is 12.0. The number of anilines is 1. The molecule has 0 spiro atoms. The van der Waals surface area contributed by atoms with Gasteiger partial charge in [0.1, 0.15) is 41.4 Å². The van der Waals surface area contributed by atoms with Gasteiger partial charge in [-0.3, -0.25) is 9.78 Å². The number of pyridine rings is 1. The van der Waals surface area contributed by atoms with Crippen LogP contribution in [0.1, 0.15) is 12.8 Å². The number of nitrogens with zero attached hydrogens (tertiary/aromatic N) is 5. The molecule has 0 radical (unpaired) electrons. The van der Waals surface area contributed by atoms with Crippen molar-refractivity contribution in [2.45, 2.75) is 18.9 Å². The van der Waals surface area contributed by atoms with E-state index in [2.05, 4.69) is 21.5 Å². The zero-order valence-corrected chi connectivity index (χ0v) is 17.8. The third-order valence-electron chi connectivity index (χ3n) is 5.27. The van der Waals surface area contributed by atoms with Crippen LogP contribution in [0.4, 0.5) is 5.82 Å². The molecule has 1 aliphatic heterocycles. The van der Waals surface area contributed by atoms with Gasteiger partial charge in [0.25, 0.3) is 5.91 Å². The number of likely N-dealkylation sites (tertiary alicyclic amines) is 1. The lowest BCUT2D eigenvalue weighted by atomic mass is 10.1. The lowest BCUT2D eigenvalue weighted by Gasteiger charge is -2.32. The van der Waals surface area contributed by atoms with Crippen molar-refractivity contribution < 1.29 is 14.3 Å². The first kappa shape index (κ1) is 21.8. The lowest BCUT2D eigenvalue weighted by molar-refractivity contribution is -0.128. The smallest absolute Gasteiger partial charge is 0.263 e. The Morgan fingerprint density at radius 1 is 1.09 bits per heavy atom. The van der Waals surface area contributed by atoms with Gasteiger partial charge in [0.2, 0.25) is 5.88 Å². The minimum absolute atomic E-state index is 0.0587. The maximum atomic E-state index is 12.1. The van der Waals surface area contributed by atoms with Crippen molar-refractivity contribution in [2.24, 2.45) is 0 Å². The molecule has 1 amide bonds. The Kier molecular flexibility index (Phi) is 6.45. The van der Waals surface area contributed by atoms with Crippen molar-refractivity contribution in [3.63, 3.8) is 0 Å². The summed E-state index contributed by atoms with van der Waals surface area (Å²) in [5.74, 6) is 1.71. The number of hydrogen-bond donors (Lipinski definition) is 1. The molecular formula is C24H22N6O3. The van der Waals surface area contributed by atoms with Gasteiger partial charge in [-0.05, 0) is 29.8 Å². The van der Waals surface area contributed by atoms with Crippen molar-refractivity contribution in [1.29, 1.82) is 5.26 Å². The summed E-state index contributed by atoms with van der Waals surface area (Å²) in [5.41, 5.74) is 7.51. The second kappa shape index (κ2) is 9.78. The molecule has 1 fully saturated rings. The van der Waals surface area contributed by atoms with Gasteiger partial charge in [0, 0.05) is 38.3 Å². The zero-order valence-electron chi connectivity index (χ0n) is 17.8. The molecule has 166 valence electrons. The van der Waals surface area contributed by atoms with Crippen molar-refractivity contribution in [3.8, 4) is 34.6 Å². The number of carbonyl (C=O) groups excluding carboxylic acids is 1. The Hall–Kier alpha value is -4.45. The number of rotatable bonds is 6. The fraction of sp³-hybridized carbons (Fsp3) is 0.208. The minimum atomic E-state index is -0.336. The van der Waals surface area contributed by atoms with Crippen LogP contribution in [-0.4, -0.2) is 45.0 Å². The van der Waals surface area contributed by atoms with E-state index in [0.29, 0.717) is 54.7 Å². The molecule has 0 bridgehead atoms. The van der Waals surface area contributed by atoms with E-state index >= 15 is 0 Å². The van der Waals surface area contributed by atoms with Crippen LogP contribution in [0.15, 0.2) is 67.3 Å². The third-order valence-corrected chi connectivity index (χ3v) is 5.27. The zero-order chi connectivity index (χ0) is 23.2. The molecule has 9 heteroatoms. The predicted molar refractivity (Wildman–Crippen MR) is 121 cm³/mol. The van der Waals surface area contributed by atoms with Crippen molar-refractivity contribution in [3.05, 3.63) is 67.3 Å². The molecule has 4 rings (SSSR count). The van der Waals surface area contributed by atoms with Gasteiger partial charge in [-0.1, -0.05) is 18.7 Å². The number of nitrogen functional groups attached to an aromatic ring is 1. The van der Waals surface area contributed by atoms with Crippen molar-refractivity contribution >= 4 is 11.7 Å². The summed E-state index contributed by atoms with van der Waals surface area (Å²) >= 11 is 0. The molecule has 2 aromatic heterocycles. The molecule has 0 saturated carbocycles. The fourth-order valence-electron chi connectivity index (χ4n) is 3.55. The van der Waals surface area contributed by atoms with Crippen LogP contribution >= 0.6 is 0 Å². The van der Waals surface area contributed by atoms with Crippen LogP contribution in [0.5, 0.6) is 17.4 Å². The number of benzene rings is 1. The highest BCUT2D eigenvalue weighted by Crippen LogP contribution is 2.35. The molecule has 0 atom stereocenters. The summed E-state index contributed by atoms with van der Waals surface area (Å²) in [6, 6.07) is 12.8. The van der Waals surface area contributed by atoms with Gasteiger partial charge >= 0.3 is 0 Å². The second-order valence-corrected chi connectivity index (χ2v) is 7.45. The van der Waals surface area contributed by atoms with E-state index in [1.54, 1.807) is 35.5 Å². The maximum Gasteiger partial charge on any atom is 0.263 e. The standard InChI is InChI=1S/C24H22N6O3/c1-16(14-25)24(31)30-12-8-20(9-13-30)33-23-21(22(26)28-15-29-23)17-2-4-18(5-3-17)32-19-6-10-27-11-7-19/h2-7,10-11,15,20H,1,8-9,12-13H2,(H2,26,28,29). The average Bonchev–Trinajstić information content (AvgIpc) is 2.85. The number of piperidine rings is 1. The van der Waals surface area contributed by atoms with E-state index in [1.165, 1.54) is 6.33 Å². The first-order chi connectivity index (χ1) is 16.0. The molecule has 1 aromatic carbocycles. The first-order valence-corrected chi connectivity index (χ1v) is 10.4. The topological polar surface area (TPSA) is 127 Å². The van der Waals surface area contributed by atoms with Gasteiger partial charge in [-0.15, -0.1) is 0 Å². The minimum Gasteiger partial charge on any atom is -0.474 e. The van der Waals surface area contributed by atoms with E-state index in [0.717, 1.165) is 5.56 Å². The molecular weight excluding hydrogens is 420 g/mol. The van der Waals surface area contributed by atoms with Gasteiger partial charge in [0.15, 0.2) is 0 Å². The third kappa shape index (κ3) is 5.07. The van der Waals surface area contributed by atoms with Gasteiger partial charge in [0.05, 0.1) is 5.56 Å². The number of aromatic nitrogens is 3. The normalized spacial score (nSPS) is 13.7. The average molecular weight is 442 g/mol. The number of ether oxygens (including phenoxy) is 2. The summed E-state index contributed by atoms with van der Waals surface area (Å²) in [5, 5.41) is 8.88. The van der Waals surface area contributed by atoms with E-state index in [4.69, 9.17) is 20.5 Å². The number of nitrogens with two attached hydrogens (primary N) is 1. The van der Waals surface area contributed by atoms with E-state index in [-0.39, 0.29) is 17.6 Å². The van der Waals surface area contributed by atoms with Crippen LogP contribution in [-0.2, 0) is 4.79 Å². The number of amides is 1. The Morgan fingerprint density at radius 2 is 1.76 bits per heavy atom. The van der Waals surface area contributed by atoms with Gasteiger partial charge in [-0.25, -0.2) is 9.97 Å². The number of carbonyl (C=O) groups is 1.